The number of aromatic nitrogens is 2. The second-order valence-corrected chi connectivity index (χ2v) is 5.42. The molecule has 0 fully saturated rings. The molecule has 2 aromatic heterocycles. The van der Waals surface area contributed by atoms with Crippen molar-refractivity contribution < 1.29 is 0 Å². The third kappa shape index (κ3) is 2.07. The second kappa shape index (κ2) is 4.79. The lowest BCUT2D eigenvalue weighted by molar-refractivity contribution is 1.04. The van der Waals surface area contributed by atoms with Crippen LogP contribution >= 0.6 is 22.9 Å². The molecule has 0 amide bonds. The molecule has 3 rings (SSSR count). The van der Waals surface area contributed by atoms with E-state index in [1.165, 1.54) is 11.3 Å². The summed E-state index contributed by atoms with van der Waals surface area (Å²) < 4.78 is 0. The molecule has 3 nitrogen and oxygen atoms in total. The molecule has 0 aliphatic carbocycles. The number of nitrogens with one attached hydrogen (secondary N) is 1. The molecular weight excluding hydrogens is 280 g/mol. The fourth-order valence-electron chi connectivity index (χ4n) is 2.13. The van der Waals surface area contributed by atoms with E-state index in [1.807, 2.05) is 36.6 Å². The summed E-state index contributed by atoms with van der Waals surface area (Å²) in [5.41, 5.74) is 3.02. The average Bonchev–Trinajstić information content (AvgIpc) is 2.83. The average molecular weight is 291 g/mol. The number of hydrogen-bond acceptors (Lipinski definition) is 3. The number of thiophene rings is 1. The molecule has 0 aliphatic heterocycles. The first-order chi connectivity index (χ1) is 9.20. The summed E-state index contributed by atoms with van der Waals surface area (Å²) >= 11 is 7.19. The van der Waals surface area contributed by atoms with Gasteiger partial charge in [0.15, 0.2) is 0 Å². The molecule has 2 heterocycles. The van der Waals surface area contributed by atoms with E-state index in [2.05, 4.69) is 9.97 Å². The van der Waals surface area contributed by atoms with Gasteiger partial charge in [-0.3, -0.25) is 4.79 Å². The predicted octanol–water partition coefficient (Wildman–Crippen LogP) is 3.70. The van der Waals surface area contributed by atoms with Crippen molar-refractivity contribution in [2.75, 3.05) is 0 Å². The number of aromatic amines is 1. The van der Waals surface area contributed by atoms with Gasteiger partial charge in [-0.25, -0.2) is 4.98 Å². The van der Waals surface area contributed by atoms with E-state index in [4.69, 9.17) is 11.6 Å². The molecule has 5 heteroatoms. The lowest BCUT2D eigenvalue weighted by Gasteiger charge is -2.03. The largest absolute Gasteiger partial charge is 0.309 e. The number of nitrogens with zero attached hydrogens (tertiary/aromatic N) is 1. The Hall–Kier alpha value is -1.65. The van der Waals surface area contributed by atoms with E-state index in [0.717, 1.165) is 21.5 Å². The Morgan fingerprint density at radius 2 is 2.11 bits per heavy atom. The highest BCUT2D eigenvalue weighted by Gasteiger charge is 2.13. The number of hydrogen-bond donors (Lipinski definition) is 1. The van der Waals surface area contributed by atoms with Crippen molar-refractivity contribution in [2.45, 2.75) is 12.8 Å². The Kier molecular flexibility index (Phi) is 3.12. The number of halogens is 1. The monoisotopic (exact) mass is 290 g/mol. The van der Waals surface area contributed by atoms with Gasteiger partial charge in [0.2, 0.25) is 0 Å². The number of benzene rings is 1. The summed E-state index contributed by atoms with van der Waals surface area (Å²) in [6.45, 7) is 2.04. The maximum absolute atomic E-state index is 12.2. The number of H-pyrrole nitrogens is 1. The maximum Gasteiger partial charge on any atom is 0.260 e. The van der Waals surface area contributed by atoms with Crippen LogP contribution in [0.25, 0.3) is 21.3 Å². The van der Waals surface area contributed by atoms with Crippen molar-refractivity contribution in [1.29, 1.82) is 0 Å². The first kappa shape index (κ1) is 12.4. The molecule has 0 unspecified atom stereocenters. The fraction of sp³-hybridized carbons (Fsp3) is 0.143. The van der Waals surface area contributed by atoms with Gasteiger partial charge in [0.05, 0.1) is 11.3 Å². The standard InChI is InChI=1S/C14H11ClN2OS/c1-8-4-2-3-5-9(8)10-7-19-14-12(10)13(18)16-11(6-15)17-14/h2-5,7H,6H2,1H3,(H,16,17,18). The molecule has 1 N–H and O–H groups in total. The van der Waals surface area contributed by atoms with E-state index < -0.39 is 0 Å². The van der Waals surface area contributed by atoms with Crippen molar-refractivity contribution in [3.63, 3.8) is 0 Å². The van der Waals surface area contributed by atoms with Crippen LogP contribution in [0.3, 0.4) is 0 Å². The zero-order valence-electron chi connectivity index (χ0n) is 10.2. The Labute approximate surface area is 118 Å². The number of rotatable bonds is 2. The fourth-order valence-corrected chi connectivity index (χ4v) is 3.21. The van der Waals surface area contributed by atoms with Crippen molar-refractivity contribution in [1.82, 2.24) is 9.97 Å². The van der Waals surface area contributed by atoms with Crippen LogP contribution in [-0.4, -0.2) is 9.97 Å². The van der Waals surface area contributed by atoms with E-state index in [9.17, 15) is 4.79 Å². The minimum absolute atomic E-state index is 0.125. The van der Waals surface area contributed by atoms with Crippen molar-refractivity contribution >= 4 is 33.2 Å². The van der Waals surface area contributed by atoms with Gasteiger partial charge >= 0.3 is 0 Å². The lowest BCUT2D eigenvalue weighted by atomic mass is 10.0. The van der Waals surface area contributed by atoms with Gasteiger partial charge in [-0.05, 0) is 18.1 Å². The molecule has 0 saturated heterocycles. The summed E-state index contributed by atoms with van der Waals surface area (Å²) in [7, 11) is 0. The predicted molar refractivity (Wildman–Crippen MR) is 80.0 cm³/mol. The highest BCUT2D eigenvalue weighted by molar-refractivity contribution is 7.17. The molecule has 0 spiro atoms. The topological polar surface area (TPSA) is 45.8 Å². The summed E-state index contributed by atoms with van der Waals surface area (Å²) in [6.07, 6.45) is 0. The number of aryl methyl sites for hydroxylation is 1. The van der Waals surface area contributed by atoms with Gasteiger partial charge in [-0.1, -0.05) is 24.3 Å². The summed E-state index contributed by atoms with van der Waals surface area (Å²) in [5.74, 6) is 0.723. The minimum atomic E-state index is -0.125. The third-order valence-electron chi connectivity index (χ3n) is 3.05. The number of alkyl halides is 1. The van der Waals surface area contributed by atoms with Gasteiger partial charge in [-0.15, -0.1) is 22.9 Å². The van der Waals surface area contributed by atoms with Gasteiger partial charge < -0.3 is 4.98 Å². The Morgan fingerprint density at radius 1 is 1.32 bits per heavy atom. The highest BCUT2D eigenvalue weighted by Crippen LogP contribution is 2.32. The number of fused-ring (bicyclic) bond motifs is 1. The Morgan fingerprint density at radius 3 is 2.84 bits per heavy atom. The van der Waals surface area contributed by atoms with Crippen molar-refractivity contribution in [3.05, 3.63) is 51.4 Å². The Bertz CT molecular complexity index is 807. The van der Waals surface area contributed by atoms with E-state index >= 15 is 0 Å². The molecular formula is C14H11ClN2OS. The third-order valence-corrected chi connectivity index (χ3v) is 4.18. The van der Waals surface area contributed by atoms with Crippen molar-refractivity contribution in [2.24, 2.45) is 0 Å². The van der Waals surface area contributed by atoms with Crippen LogP contribution < -0.4 is 5.56 Å². The van der Waals surface area contributed by atoms with Gasteiger partial charge in [0.1, 0.15) is 10.7 Å². The van der Waals surface area contributed by atoms with Crippen molar-refractivity contribution in [3.8, 4) is 11.1 Å². The summed E-state index contributed by atoms with van der Waals surface area (Å²) in [5, 5.41) is 2.63. The maximum atomic E-state index is 12.2. The van der Waals surface area contributed by atoms with Crippen LogP contribution in [0, 0.1) is 6.92 Å². The van der Waals surface area contributed by atoms with E-state index in [1.54, 1.807) is 0 Å². The first-order valence-corrected chi connectivity index (χ1v) is 7.24. The SMILES string of the molecule is Cc1ccccc1-c1csc2nc(CCl)[nH]c(=O)c12. The van der Waals surface area contributed by atoms with Crippen LogP contribution in [0.15, 0.2) is 34.4 Å². The smallest absolute Gasteiger partial charge is 0.260 e. The molecule has 19 heavy (non-hydrogen) atoms. The second-order valence-electron chi connectivity index (χ2n) is 4.29. The molecule has 0 bridgehead atoms. The van der Waals surface area contributed by atoms with E-state index in [-0.39, 0.29) is 11.4 Å². The van der Waals surface area contributed by atoms with Gasteiger partial charge in [-0.2, -0.15) is 0 Å². The molecule has 0 radical (unpaired) electrons. The van der Waals surface area contributed by atoms with Gasteiger partial charge in [0.25, 0.3) is 5.56 Å². The molecule has 1 aromatic carbocycles. The van der Waals surface area contributed by atoms with Crippen LogP contribution in [0.2, 0.25) is 0 Å². The van der Waals surface area contributed by atoms with E-state index in [0.29, 0.717) is 11.2 Å². The van der Waals surface area contributed by atoms with Gasteiger partial charge in [0, 0.05) is 10.9 Å². The molecule has 0 aliphatic rings. The van der Waals surface area contributed by atoms with Crippen LogP contribution in [0.4, 0.5) is 0 Å². The van der Waals surface area contributed by atoms with Crippen LogP contribution in [0.1, 0.15) is 11.4 Å². The molecule has 0 atom stereocenters. The molecule has 0 saturated carbocycles. The Balaban J connectivity index is 2.33. The van der Waals surface area contributed by atoms with Crippen LogP contribution in [-0.2, 0) is 5.88 Å². The van der Waals surface area contributed by atoms with Crippen LogP contribution in [0.5, 0.6) is 0 Å². The minimum Gasteiger partial charge on any atom is -0.309 e. The molecule has 96 valence electrons. The molecule has 3 aromatic rings. The normalized spacial score (nSPS) is 11.1. The lowest BCUT2D eigenvalue weighted by Crippen LogP contribution is -2.10. The zero-order valence-corrected chi connectivity index (χ0v) is 11.8. The quantitative estimate of drug-likeness (QED) is 0.732. The first-order valence-electron chi connectivity index (χ1n) is 5.83. The summed E-state index contributed by atoms with van der Waals surface area (Å²) in [4.78, 5) is 20.0. The summed E-state index contributed by atoms with van der Waals surface area (Å²) in [6, 6.07) is 8.02. The highest BCUT2D eigenvalue weighted by atomic mass is 35.5. The zero-order chi connectivity index (χ0) is 13.4.